The van der Waals surface area contributed by atoms with Gasteiger partial charge in [0.1, 0.15) is 0 Å². The summed E-state index contributed by atoms with van der Waals surface area (Å²) < 4.78 is 11.2. The molecular formula is C29H32ClNO5. The zero-order valence-electron chi connectivity index (χ0n) is 21.1. The predicted molar refractivity (Wildman–Crippen MR) is 139 cm³/mol. The first kappa shape index (κ1) is 25.8. The third-order valence-electron chi connectivity index (χ3n) is 6.55. The highest BCUT2D eigenvalue weighted by Crippen LogP contribution is 2.47. The Hall–Kier alpha value is -3.25. The molecule has 1 aliphatic carbocycles. The molecule has 0 amide bonds. The van der Waals surface area contributed by atoms with Crippen molar-refractivity contribution in [3.05, 3.63) is 81.2 Å². The molecule has 4 rings (SSSR count). The van der Waals surface area contributed by atoms with Crippen molar-refractivity contribution in [1.82, 2.24) is 5.32 Å². The van der Waals surface area contributed by atoms with Gasteiger partial charge in [0.05, 0.1) is 18.8 Å². The lowest BCUT2D eigenvalue weighted by molar-refractivity contribution is -0.140. The SMILES string of the molecule is CCOc1cc([C@@H]2C(C(=O)OCC(C)C)=C(C)NC3=C2C(=O)C[C@@H](c2ccc(Cl)cc2)C3)ccc1O. The van der Waals surface area contributed by atoms with Gasteiger partial charge in [-0.2, -0.15) is 0 Å². The number of hydrogen-bond acceptors (Lipinski definition) is 6. The number of allylic oxidation sites excluding steroid dienone is 3. The Balaban J connectivity index is 1.79. The number of rotatable bonds is 7. The fourth-order valence-electron chi connectivity index (χ4n) is 4.92. The molecule has 0 aromatic heterocycles. The van der Waals surface area contributed by atoms with Crippen LogP contribution in [0.4, 0.5) is 0 Å². The Labute approximate surface area is 216 Å². The largest absolute Gasteiger partial charge is 0.504 e. The van der Waals surface area contributed by atoms with E-state index < -0.39 is 11.9 Å². The summed E-state index contributed by atoms with van der Waals surface area (Å²) in [6, 6.07) is 12.6. The number of Topliss-reactive ketones (excluding diaryl/α,β-unsaturated/α-hetero) is 1. The van der Waals surface area contributed by atoms with Crippen molar-refractivity contribution < 1.29 is 24.2 Å². The van der Waals surface area contributed by atoms with Crippen molar-refractivity contribution in [2.45, 2.75) is 52.4 Å². The van der Waals surface area contributed by atoms with Crippen LogP contribution >= 0.6 is 11.6 Å². The van der Waals surface area contributed by atoms with Crippen LogP contribution in [0.25, 0.3) is 0 Å². The summed E-state index contributed by atoms with van der Waals surface area (Å²) in [5, 5.41) is 14.3. The summed E-state index contributed by atoms with van der Waals surface area (Å²) in [4.78, 5) is 27.0. The van der Waals surface area contributed by atoms with Gasteiger partial charge in [-0.1, -0.05) is 43.6 Å². The van der Waals surface area contributed by atoms with Gasteiger partial charge in [0.2, 0.25) is 0 Å². The Morgan fingerprint density at radius 1 is 1.14 bits per heavy atom. The fraction of sp³-hybridized carbons (Fsp3) is 0.379. The highest BCUT2D eigenvalue weighted by atomic mass is 35.5. The van der Waals surface area contributed by atoms with Crippen molar-refractivity contribution in [3.8, 4) is 11.5 Å². The number of benzene rings is 2. The van der Waals surface area contributed by atoms with Crippen LogP contribution in [0.1, 0.15) is 63.5 Å². The van der Waals surface area contributed by atoms with Gasteiger partial charge >= 0.3 is 5.97 Å². The van der Waals surface area contributed by atoms with Gasteiger partial charge in [-0.05, 0) is 67.5 Å². The molecule has 7 heteroatoms. The molecular weight excluding hydrogens is 478 g/mol. The van der Waals surface area contributed by atoms with E-state index in [1.54, 1.807) is 18.2 Å². The first-order valence-electron chi connectivity index (χ1n) is 12.3. The second-order valence-electron chi connectivity index (χ2n) is 9.72. The van der Waals surface area contributed by atoms with Crippen LogP contribution in [-0.4, -0.2) is 30.1 Å². The lowest BCUT2D eigenvalue weighted by Gasteiger charge is -2.37. The Bertz CT molecular complexity index is 1230. The first-order chi connectivity index (χ1) is 17.2. The number of nitrogens with one attached hydrogen (secondary N) is 1. The second-order valence-corrected chi connectivity index (χ2v) is 10.2. The van der Waals surface area contributed by atoms with Crippen molar-refractivity contribution in [1.29, 1.82) is 0 Å². The molecule has 2 aromatic rings. The summed E-state index contributed by atoms with van der Waals surface area (Å²) in [7, 11) is 0. The van der Waals surface area contributed by atoms with Gasteiger partial charge in [-0.25, -0.2) is 4.79 Å². The van der Waals surface area contributed by atoms with E-state index in [4.69, 9.17) is 21.1 Å². The van der Waals surface area contributed by atoms with Gasteiger partial charge in [-0.15, -0.1) is 0 Å². The normalized spacial score (nSPS) is 19.8. The highest BCUT2D eigenvalue weighted by Gasteiger charge is 2.41. The molecule has 0 saturated heterocycles. The van der Waals surface area contributed by atoms with E-state index in [1.807, 2.05) is 52.0 Å². The quantitative estimate of drug-likeness (QED) is 0.445. The Morgan fingerprint density at radius 3 is 2.50 bits per heavy atom. The molecule has 1 aliphatic heterocycles. The van der Waals surface area contributed by atoms with E-state index in [0.29, 0.717) is 52.6 Å². The molecule has 0 spiro atoms. The third-order valence-corrected chi connectivity index (χ3v) is 6.81. The molecule has 190 valence electrons. The fourth-order valence-corrected chi connectivity index (χ4v) is 5.04. The summed E-state index contributed by atoms with van der Waals surface area (Å²) in [5.41, 5.74) is 4.17. The maximum Gasteiger partial charge on any atom is 0.336 e. The van der Waals surface area contributed by atoms with E-state index in [0.717, 1.165) is 11.3 Å². The van der Waals surface area contributed by atoms with E-state index >= 15 is 0 Å². The topological polar surface area (TPSA) is 84.9 Å². The van der Waals surface area contributed by atoms with Gasteiger partial charge < -0.3 is 19.9 Å². The van der Waals surface area contributed by atoms with Gasteiger partial charge in [0.15, 0.2) is 17.3 Å². The maximum absolute atomic E-state index is 13.7. The molecule has 0 unspecified atom stereocenters. The molecule has 36 heavy (non-hydrogen) atoms. The molecule has 2 aromatic carbocycles. The first-order valence-corrected chi connectivity index (χ1v) is 12.7. The maximum atomic E-state index is 13.7. The number of phenols is 1. The monoisotopic (exact) mass is 509 g/mol. The lowest BCUT2D eigenvalue weighted by Crippen LogP contribution is -2.36. The van der Waals surface area contributed by atoms with Crippen LogP contribution in [0, 0.1) is 5.92 Å². The van der Waals surface area contributed by atoms with Crippen LogP contribution in [-0.2, 0) is 14.3 Å². The van der Waals surface area contributed by atoms with Crippen molar-refractivity contribution in [2.24, 2.45) is 5.92 Å². The number of carbonyl (C=O) groups is 2. The zero-order chi connectivity index (χ0) is 26.0. The zero-order valence-corrected chi connectivity index (χ0v) is 21.8. The second kappa shape index (κ2) is 10.8. The number of dihydropyridines is 1. The van der Waals surface area contributed by atoms with Gasteiger partial charge in [-0.3, -0.25) is 4.79 Å². The van der Waals surface area contributed by atoms with Gasteiger partial charge in [0, 0.05) is 34.3 Å². The van der Waals surface area contributed by atoms with E-state index in [9.17, 15) is 14.7 Å². The smallest absolute Gasteiger partial charge is 0.336 e. The molecule has 0 bridgehead atoms. The van der Waals surface area contributed by atoms with E-state index in [1.165, 1.54) is 0 Å². The molecule has 1 heterocycles. The minimum absolute atomic E-state index is 0.00251. The molecule has 6 nitrogen and oxygen atoms in total. The molecule has 2 N–H and O–H groups in total. The minimum Gasteiger partial charge on any atom is -0.504 e. The molecule has 2 atom stereocenters. The number of phenolic OH excluding ortho intramolecular Hbond substituents is 1. The number of halogens is 1. The summed E-state index contributed by atoms with van der Waals surface area (Å²) in [6.45, 7) is 8.27. The van der Waals surface area contributed by atoms with Crippen LogP contribution in [0.3, 0.4) is 0 Å². The van der Waals surface area contributed by atoms with Crippen LogP contribution in [0.5, 0.6) is 11.5 Å². The average molecular weight is 510 g/mol. The summed E-state index contributed by atoms with van der Waals surface area (Å²) in [6.07, 6.45) is 0.948. The molecule has 0 saturated carbocycles. The summed E-state index contributed by atoms with van der Waals surface area (Å²) in [5.74, 6) is -0.613. The standard InChI is InChI=1S/C29H32ClNO5/c1-5-35-25-14-19(8-11-23(25)32)27-26(29(34)36-15-16(2)3)17(4)31-22-12-20(13-24(33)28(22)27)18-6-9-21(30)10-7-18/h6-11,14,16,20,27,31-32H,5,12-13,15H2,1-4H3/t20-,27+/m0/s1. The van der Waals surface area contributed by atoms with Crippen molar-refractivity contribution in [3.63, 3.8) is 0 Å². The summed E-state index contributed by atoms with van der Waals surface area (Å²) >= 11 is 6.07. The van der Waals surface area contributed by atoms with Crippen LogP contribution < -0.4 is 10.1 Å². The van der Waals surface area contributed by atoms with Crippen LogP contribution in [0.2, 0.25) is 5.02 Å². The molecule has 2 aliphatic rings. The van der Waals surface area contributed by atoms with Crippen molar-refractivity contribution in [2.75, 3.05) is 13.2 Å². The van der Waals surface area contributed by atoms with E-state index in [2.05, 4.69) is 5.32 Å². The number of ether oxygens (including phenoxy) is 2. The Kier molecular flexibility index (Phi) is 7.74. The highest BCUT2D eigenvalue weighted by molar-refractivity contribution is 6.30. The number of ketones is 1. The average Bonchev–Trinajstić information content (AvgIpc) is 2.83. The Morgan fingerprint density at radius 2 is 1.83 bits per heavy atom. The minimum atomic E-state index is -0.626. The third kappa shape index (κ3) is 5.29. The van der Waals surface area contributed by atoms with Gasteiger partial charge in [0.25, 0.3) is 0 Å². The van der Waals surface area contributed by atoms with Crippen LogP contribution in [0.15, 0.2) is 65.0 Å². The van der Waals surface area contributed by atoms with E-state index in [-0.39, 0.29) is 30.0 Å². The molecule has 0 fully saturated rings. The van der Waals surface area contributed by atoms with Crippen molar-refractivity contribution >= 4 is 23.4 Å². The predicted octanol–water partition coefficient (Wildman–Crippen LogP) is 6.01. The number of esters is 1. The molecule has 0 radical (unpaired) electrons. The number of aromatic hydroxyl groups is 1. The lowest BCUT2D eigenvalue weighted by atomic mass is 9.71. The number of carbonyl (C=O) groups excluding carboxylic acids is 2. The number of hydrogen-bond donors (Lipinski definition) is 2.